The van der Waals surface area contributed by atoms with Crippen LogP contribution in [0.4, 0.5) is 17.6 Å². The Bertz CT molecular complexity index is 1060. The van der Waals surface area contributed by atoms with Gasteiger partial charge in [0.25, 0.3) is 0 Å². The van der Waals surface area contributed by atoms with E-state index in [4.69, 9.17) is 4.74 Å². The van der Waals surface area contributed by atoms with Crippen molar-refractivity contribution >= 4 is 0 Å². The summed E-state index contributed by atoms with van der Waals surface area (Å²) in [5.74, 6) is -0.279. The van der Waals surface area contributed by atoms with E-state index in [1.807, 2.05) is 6.07 Å². The topological polar surface area (TPSA) is 18.5 Å². The van der Waals surface area contributed by atoms with Crippen LogP contribution in [0.3, 0.4) is 0 Å². The molecule has 3 aromatic rings. The van der Waals surface area contributed by atoms with E-state index >= 15 is 0 Å². The van der Waals surface area contributed by atoms with Gasteiger partial charge < -0.3 is 9.47 Å². The lowest BCUT2D eigenvalue weighted by atomic mass is 9.94. The highest BCUT2D eigenvalue weighted by molar-refractivity contribution is 5.42. The van der Waals surface area contributed by atoms with Crippen LogP contribution < -0.4 is 9.47 Å². The minimum absolute atomic E-state index is 0.000241. The van der Waals surface area contributed by atoms with Crippen LogP contribution in [-0.2, 0) is 11.8 Å². The molecule has 0 amide bonds. The van der Waals surface area contributed by atoms with E-state index in [0.717, 1.165) is 18.4 Å². The molecule has 0 aromatic heterocycles. The van der Waals surface area contributed by atoms with Crippen molar-refractivity contribution in [2.45, 2.75) is 31.3 Å². The summed E-state index contributed by atoms with van der Waals surface area (Å²) in [4.78, 5) is 0. The lowest BCUT2D eigenvalue weighted by Gasteiger charge is -2.13. The van der Waals surface area contributed by atoms with Gasteiger partial charge in [-0.1, -0.05) is 36.4 Å². The lowest BCUT2D eigenvalue weighted by molar-refractivity contribution is -0.0498. The first-order valence-electron chi connectivity index (χ1n) is 9.87. The van der Waals surface area contributed by atoms with E-state index in [1.54, 1.807) is 42.5 Å². The summed E-state index contributed by atoms with van der Waals surface area (Å²) in [6, 6.07) is 19.4. The zero-order valence-corrected chi connectivity index (χ0v) is 16.5. The molecule has 1 aliphatic carbocycles. The molecule has 0 bridgehead atoms. The second-order valence-electron chi connectivity index (χ2n) is 7.51. The zero-order chi connectivity index (χ0) is 21.8. The predicted molar refractivity (Wildman–Crippen MR) is 110 cm³/mol. The van der Waals surface area contributed by atoms with E-state index < -0.39 is 17.8 Å². The third kappa shape index (κ3) is 5.26. The molecule has 0 saturated heterocycles. The summed E-state index contributed by atoms with van der Waals surface area (Å²) in [5, 5.41) is 0. The van der Waals surface area contributed by atoms with Gasteiger partial charge >= 0.3 is 6.61 Å². The molecule has 160 valence electrons. The van der Waals surface area contributed by atoms with E-state index in [-0.39, 0.29) is 23.7 Å². The van der Waals surface area contributed by atoms with Crippen molar-refractivity contribution in [1.29, 1.82) is 0 Å². The number of hydrogen-bond acceptors (Lipinski definition) is 2. The van der Waals surface area contributed by atoms with Crippen molar-refractivity contribution in [3.8, 4) is 17.2 Å². The molecule has 1 aliphatic rings. The molecule has 1 fully saturated rings. The first-order chi connectivity index (χ1) is 14.9. The Morgan fingerprint density at radius 1 is 0.935 bits per heavy atom. The predicted octanol–water partition coefficient (Wildman–Crippen LogP) is 7.35. The van der Waals surface area contributed by atoms with E-state index in [2.05, 4.69) is 4.74 Å². The van der Waals surface area contributed by atoms with Crippen LogP contribution in [0, 0.1) is 5.82 Å². The van der Waals surface area contributed by atoms with Crippen LogP contribution in [-0.4, -0.2) is 6.61 Å². The Balaban J connectivity index is 1.47. The second kappa shape index (κ2) is 8.84. The Morgan fingerprint density at radius 2 is 1.65 bits per heavy atom. The fraction of sp³-hybridized carbons (Fsp3) is 0.200. The van der Waals surface area contributed by atoms with Crippen LogP contribution in [0.5, 0.6) is 17.2 Å². The summed E-state index contributed by atoms with van der Waals surface area (Å²) < 4.78 is 63.5. The molecular formula is C25H20F4O2. The third-order valence-electron chi connectivity index (χ3n) is 5.22. The lowest BCUT2D eigenvalue weighted by Crippen LogP contribution is -2.05. The van der Waals surface area contributed by atoms with Gasteiger partial charge in [-0.2, -0.15) is 8.78 Å². The van der Waals surface area contributed by atoms with Gasteiger partial charge in [-0.3, -0.25) is 0 Å². The Morgan fingerprint density at radius 3 is 2.29 bits per heavy atom. The van der Waals surface area contributed by atoms with Gasteiger partial charge in [0.1, 0.15) is 17.3 Å². The SMILES string of the molecule is F/C(=C\C1(c2ccc(OC(F)F)cc2)CC1)Cc1ccc(F)c(Oc2ccccc2)c1. The first kappa shape index (κ1) is 21.0. The first-order valence-corrected chi connectivity index (χ1v) is 9.87. The monoisotopic (exact) mass is 428 g/mol. The zero-order valence-electron chi connectivity index (χ0n) is 16.5. The fourth-order valence-electron chi connectivity index (χ4n) is 3.52. The number of rotatable bonds is 8. The molecule has 0 atom stereocenters. The largest absolute Gasteiger partial charge is 0.454 e. The van der Waals surface area contributed by atoms with Crippen molar-refractivity contribution in [2.75, 3.05) is 0 Å². The van der Waals surface area contributed by atoms with Crippen LogP contribution >= 0.6 is 0 Å². The van der Waals surface area contributed by atoms with Crippen molar-refractivity contribution in [2.24, 2.45) is 0 Å². The normalized spacial score (nSPS) is 15.1. The minimum atomic E-state index is -2.88. The number of alkyl halides is 2. The van der Waals surface area contributed by atoms with E-state index in [1.165, 1.54) is 30.3 Å². The molecule has 3 aromatic carbocycles. The molecule has 0 heterocycles. The maximum atomic E-state index is 14.8. The van der Waals surface area contributed by atoms with Gasteiger partial charge in [0.2, 0.25) is 0 Å². The minimum Gasteiger partial charge on any atom is -0.454 e. The summed E-state index contributed by atoms with van der Waals surface area (Å²) in [5.41, 5.74) is 0.977. The highest BCUT2D eigenvalue weighted by Gasteiger charge is 2.42. The van der Waals surface area contributed by atoms with Gasteiger partial charge in [-0.25, -0.2) is 8.78 Å². The summed E-state index contributed by atoms with van der Waals surface area (Å²) >= 11 is 0. The summed E-state index contributed by atoms with van der Waals surface area (Å²) in [6.07, 6.45) is 3.10. The third-order valence-corrected chi connectivity index (χ3v) is 5.22. The van der Waals surface area contributed by atoms with Crippen molar-refractivity contribution in [3.63, 3.8) is 0 Å². The van der Waals surface area contributed by atoms with Crippen LogP contribution in [0.2, 0.25) is 0 Å². The molecule has 6 heteroatoms. The number of para-hydroxylation sites is 1. The highest BCUT2D eigenvalue weighted by Crippen LogP contribution is 2.50. The van der Waals surface area contributed by atoms with Crippen molar-refractivity contribution in [3.05, 3.63) is 102 Å². The Hall–Kier alpha value is -3.28. The maximum absolute atomic E-state index is 14.8. The van der Waals surface area contributed by atoms with E-state index in [0.29, 0.717) is 11.3 Å². The molecule has 0 aliphatic heterocycles. The van der Waals surface area contributed by atoms with Gasteiger partial charge in [0.05, 0.1) is 0 Å². The number of ether oxygens (including phenoxy) is 2. The molecule has 4 rings (SSSR count). The van der Waals surface area contributed by atoms with Crippen LogP contribution in [0.25, 0.3) is 0 Å². The van der Waals surface area contributed by atoms with Crippen molar-refractivity contribution < 1.29 is 27.0 Å². The Kier molecular flexibility index (Phi) is 5.98. The van der Waals surface area contributed by atoms with Gasteiger partial charge in [0.15, 0.2) is 11.6 Å². The molecule has 0 N–H and O–H groups in total. The molecule has 0 spiro atoms. The molecule has 31 heavy (non-hydrogen) atoms. The van der Waals surface area contributed by atoms with Crippen LogP contribution in [0.15, 0.2) is 84.7 Å². The molecule has 0 radical (unpaired) electrons. The fourth-order valence-corrected chi connectivity index (χ4v) is 3.52. The highest BCUT2D eigenvalue weighted by atomic mass is 19.3. The number of halogens is 4. The maximum Gasteiger partial charge on any atom is 0.387 e. The second-order valence-corrected chi connectivity index (χ2v) is 7.51. The smallest absolute Gasteiger partial charge is 0.387 e. The molecule has 1 saturated carbocycles. The molecular weight excluding hydrogens is 408 g/mol. The molecule has 0 unspecified atom stereocenters. The summed E-state index contributed by atoms with van der Waals surface area (Å²) in [6.45, 7) is -2.88. The number of benzene rings is 3. The Labute approximate surface area is 177 Å². The van der Waals surface area contributed by atoms with Gasteiger partial charge in [-0.15, -0.1) is 0 Å². The number of allylic oxidation sites excluding steroid dienone is 2. The molecule has 2 nitrogen and oxygen atoms in total. The quantitative estimate of drug-likeness (QED) is 0.349. The van der Waals surface area contributed by atoms with Crippen LogP contribution in [0.1, 0.15) is 24.0 Å². The van der Waals surface area contributed by atoms with Gasteiger partial charge in [-0.05, 0) is 66.4 Å². The van der Waals surface area contributed by atoms with Gasteiger partial charge in [0, 0.05) is 11.8 Å². The van der Waals surface area contributed by atoms with Crippen molar-refractivity contribution in [1.82, 2.24) is 0 Å². The average Bonchev–Trinajstić information content (AvgIpc) is 3.52. The average molecular weight is 428 g/mol. The standard InChI is InChI=1S/C25H20F4O2/c26-19(16-25(12-13-25)18-7-9-21(10-8-18)31-24(28)29)14-17-6-11-22(27)23(15-17)30-20-4-2-1-3-5-20/h1-11,15-16,24H,12-14H2/b19-16-. The summed E-state index contributed by atoms with van der Waals surface area (Å²) in [7, 11) is 0. The number of hydrogen-bond donors (Lipinski definition) is 0. The van der Waals surface area contributed by atoms with E-state index in [9.17, 15) is 17.6 Å².